The van der Waals surface area contributed by atoms with Crippen molar-refractivity contribution in [2.75, 3.05) is 4.90 Å². The molecule has 1 N–H and O–H groups in total. The van der Waals surface area contributed by atoms with Crippen LogP contribution in [0.1, 0.15) is 23.1 Å². The van der Waals surface area contributed by atoms with Crippen molar-refractivity contribution < 1.29 is 23.5 Å². The Morgan fingerprint density at radius 2 is 1.72 bits per heavy atom. The fourth-order valence-electron chi connectivity index (χ4n) is 4.17. The van der Waals surface area contributed by atoms with Crippen LogP contribution in [0, 0.1) is 12.7 Å². The fourth-order valence-corrected chi connectivity index (χ4v) is 4.17. The number of amides is 1. The van der Waals surface area contributed by atoms with E-state index in [1.165, 1.54) is 29.2 Å². The minimum absolute atomic E-state index is 0.107. The summed E-state index contributed by atoms with van der Waals surface area (Å²) in [7, 11) is 0. The molecule has 3 aromatic carbocycles. The third-order valence-corrected chi connectivity index (χ3v) is 5.61. The van der Waals surface area contributed by atoms with Crippen molar-refractivity contribution in [2.45, 2.75) is 13.0 Å². The highest BCUT2D eigenvalue weighted by Gasteiger charge is 2.48. The standard InChI is InChI=1S/C26H18FNO4/c1-15-12-13-21(32-15)23-22(24(29)20-11-4-7-16-6-2-3-10-19(16)20)25(30)26(31)28(23)18-9-5-8-17(27)14-18/h2-14,23,29H,1H3/b24-22-. The lowest BCUT2D eigenvalue weighted by molar-refractivity contribution is -0.132. The Morgan fingerprint density at radius 3 is 2.47 bits per heavy atom. The summed E-state index contributed by atoms with van der Waals surface area (Å²) >= 11 is 0. The zero-order valence-electron chi connectivity index (χ0n) is 17.1. The SMILES string of the molecule is Cc1ccc(C2/C(=C(/O)c3cccc4ccccc34)C(=O)C(=O)N2c2cccc(F)c2)o1. The van der Waals surface area contributed by atoms with Crippen LogP contribution in [-0.2, 0) is 9.59 Å². The van der Waals surface area contributed by atoms with Crippen molar-refractivity contribution in [3.05, 3.63) is 107 Å². The van der Waals surface area contributed by atoms with Gasteiger partial charge in [-0.3, -0.25) is 14.5 Å². The molecule has 6 heteroatoms. The molecule has 32 heavy (non-hydrogen) atoms. The lowest BCUT2D eigenvalue weighted by Gasteiger charge is -2.23. The molecule has 0 saturated carbocycles. The highest BCUT2D eigenvalue weighted by molar-refractivity contribution is 6.51. The number of aliphatic hydroxyl groups excluding tert-OH is 1. The Labute approximate surface area is 183 Å². The van der Waals surface area contributed by atoms with E-state index in [2.05, 4.69) is 0 Å². The fraction of sp³-hybridized carbons (Fsp3) is 0.0769. The van der Waals surface area contributed by atoms with Crippen LogP contribution in [0.2, 0.25) is 0 Å². The number of rotatable bonds is 3. The molecule has 1 amide bonds. The maximum atomic E-state index is 14.0. The van der Waals surface area contributed by atoms with Gasteiger partial charge in [-0.25, -0.2) is 4.39 Å². The van der Waals surface area contributed by atoms with Crippen LogP contribution < -0.4 is 4.90 Å². The number of aryl methyl sites for hydroxylation is 1. The number of anilines is 1. The number of Topliss-reactive ketones (excluding diaryl/α,β-unsaturated/α-hetero) is 1. The minimum Gasteiger partial charge on any atom is -0.507 e. The second kappa shape index (κ2) is 7.50. The average Bonchev–Trinajstić information content (AvgIpc) is 3.33. The lowest BCUT2D eigenvalue weighted by Crippen LogP contribution is -2.29. The molecule has 158 valence electrons. The van der Waals surface area contributed by atoms with E-state index in [1.807, 2.05) is 30.3 Å². The predicted molar refractivity (Wildman–Crippen MR) is 119 cm³/mol. The number of fused-ring (bicyclic) bond motifs is 1. The summed E-state index contributed by atoms with van der Waals surface area (Å²) in [5, 5.41) is 12.9. The molecule has 5 rings (SSSR count). The summed E-state index contributed by atoms with van der Waals surface area (Å²) in [5.74, 6) is -1.70. The Morgan fingerprint density at radius 1 is 0.969 bits per heavy atom. The van der Waals surface area contributed by atoms with Gasteiger partial charge in [0.15, 0.2) is 0 Å². The molecule has 1 aliphatic heterocycles. The zero-order valence-corrected chi connectivity index (χ0v) is 17.1. The summed E-state index contributed by atoms with van der Waals surface area (Å²) in [5.41, 5.74) is 0.515. The molecule has 2 heterocycles. The largest absolute Gasteiger partial charge is 0.507 e. The maximum Gasteiger partial charge on any atom is 0.300 e. The molecule has 4 aromatic rings. The normalized spacial score (nSPS) is 17.9. The van der Waals surface area contributed by atoms with Crippen molar-refractivity contribution in [3.8, 4) is 0 Å². The second-order valence-corrected chi connectivity index (χ2v) is 7.62. The zero-order chi connectivity index (χ0) is 22.4. The van der Waals surface area contributed by atoms with E-state index in [0.717, 1.165) is 10.8 Å². The van der Waals surface area contributed by atoms with Crippen LogP contribution in [0.15, 0.2) is 88.9 Å². The van der Waals surface area contributed by atoms with Gasteiger partial charge in [-0.15, -0.1) is 0 Å². The van der Waals surface area contributed by atoms with Crippen molar-refractivity contribution in [1.29, 1.82) is 0 Å². The van der Waals surface area contributed by atoms with Crippen LogP contribution in [0.4, 0.5) is 10.1 Å². The van der Waals surface area contributed by atoms with Gasteiger partial charge >= 0.3 is 0 Å². The first-order chi connectivity index (χ1) is 15.5. The van der Waals surface area contributed by atoms with Gasteiger partial charge in [0.05, 0.1) is 5.57 Å². The molecule has 1 aliphatic rings. The summed E-state index contributed by atoms with van der Waals surface area (Å²) in [6.07, 6.45) is 0. The van der Waals surface area contributed by atoms with Crippen LogP contribution in [-0.4, -0.2) is 16.8 Å². The molecule has 0 aliphatic carbocycles. The number of halogens is 1. The molecular weight excluding hydrogens is 409 g/mol. The third kappa shape index (κ3) is 3.08. The van der Waals surface area contributed by atoms with Gasteiger partial charge in [0, 0.05) is 11.3 Å². The minimum atomic E-state index is -1.04. The summed E-state index contributed by atoms with van der Waals surface area (Å²) in [4.78, 5) is 27.4. The molecule has 1 aromatic heterocycles. The van der Waals surface area contributed by atoms with E-state index in [1.54, 1.807) is 31.2 Å². The molecule has 1 saturated heterocycles. The van der Waals surface area contributed by atoms with Gasteiger partial charge in [-0.1, -0.05) is 48.5 Å². The van der Waals surface area contributed by atoms with E-state index < -0.39 is 23.5 Å². The van der Waals surface area contributed by atoms with Crippen molar-refractivity contribution in [3.63, 3.8) is 0 Å². The predicted octanol–water partition coefficient (Wildman–Crippen LogP) is 5.51. The van der Waals surface area contributed by atoms with Gasteiger partial charge in [-0.05, 0) is 48.0 Å². The Kier molecular flexibility index (Phi) is 4.63. The number of hydrogen-bond donors (Lipinski definition) is 1. The van der Waals surface area contributed by atoms with Crippen LogP contribution >= 0.6 is 0 Å². The smallest absolute Gasteiger partial charge is 0.300 e. The number of furan rings is 1. The van der Waals surface area contributed by atoms with E-state index >= 15 is 0 Å². The van der Waals surface area contributed by atoms with Gasteiger partial charge in [-0.2, -0.15) is 0 Å². The average molecular weight is 427 g/mol. The monoisotopic (exact) mass is 427 g/mol. The van der Waals surface area contributed by atoms with E-state index in [-0.39, 0.29) is 17.0 Å². The highest BCUT2D eigenvalue weighted by Crippen LogP contribution is 2.43. The van der Waals surface area contributed by atoms with Gasteiger partial charge in [0.2, 0.25) is 0 Å². The number of carbonyl (C=O) groups is 2. The Balaban J connectivity index is 1.78. The van der Waals surface area contributed by atoms with Crippen LogP contribution in [0.3, 0.4) is 0 Å². The first kappa shape index (κ1) is 19.8. The quantitative estimate of drug-likeness (QED) is 0.266. The van der Waals surface area contributed by atoms with E-state index in [4.69, 9.17) is 4.42 Å². The molecule has 0 spiro atoms. The molecular formula is C26H18FNO4. The maximum absolute atomic E-state index is 14.0. The van der Waals surface area contributed by atoms with Gasteiger partial charge in [0.25, 0.3) is 11.7 Å². The molecule has 1 atom stereocenters. The van der Waals surface area contributed by atoms with Crippen molar-refractivity contribution in [1.82, 2.24) is 0 Å². The highest BCUT2D eigenvalue weighted by atomic mass is 19.1. The number of hydrogen-bond acceptors (Lipinski definition) is 4. The first-order valence-corrected chi connectivity index (χ1v) is 10.1. The number of aliphatic hydroxyl groups is 1. The van der Waals surface area contributed by atoms with Crippen LogP contribution in [0.5, 0.6) is 0 Å². The summed E-state index contributed by atoms with van der Waals surface area (Å²) in [6.45, 7) is 1.74. The van der Waals surface area contributed by atoms with E-state index in [0.29, 0.717) is 17.1 Å². The molecule has 0 bridgehead atoms. The van der Waals surface area contributed by atoms with Gasteiger partial charge < -0.3 is 9.52 Å². The third-order valence-electron chi connectivity index (χ3n) is 5.61. The number of carbonyl (C=O) groups excluding carboxylic acids is 2. The number of ketones is 1. The van der Waals surface area contributed by atoms with Crippen LogP contribution in [0.25, 0.3) is 16.5 Å². The van der Waals surface area contributed by atoms with Gasteiger partial charge in [0.1, 0.15) is 29.1 Å². The number of nitrogens with zero attached hydrogens (tertiary/aromatic N) is 1. The van der Waals surface area contributed by atoms with Crippen molar-refractivity contribution in [2.24, 2.45) is 0 Å². The topological polar surface area (TPSA) is 70.8 Å². The number of benzene rings is 3. The summed E-state index contributed by atoms with van der Waals surface area (Å²) < 4.78 is 19.7. The molecule has 1 unspecified atom stereocenters. The second-order valence-electron chi connectivity index (χ2n) is 7.62. The van der Waals surface area contributed by atoms with E-state index in [9.17, 15) is 19.1 Å². The Bertz CT molecular complexity index is 1410. The molecule has 0 radical (unpaired) electrons. The molecule has 5 nitrogen and oxygen atoms in total. The first-order valence-electron chi connectivity index (χ1n) is 10.1. The van der Waals surface area contributed by atoms with Crippen molar-refractivity contribution >= 4 is 33.9 Å². The summed E-state index contributed by atoms with van der Waals surface area (Å²) in [6, 6.07) is 20.5. The lowest BCUT2D eigenvalue weighted by atomic mass is 9.96. The molecule has 1 fully saturated rings. The Hall–Kier alpha value is -4.19.